The summed E-state index contributed by atoms with van der Waals surface area (Å²) >= 11 is 0. The Morgan fingerprint density at radius 2 is 1.57 bits per heavy atom. The molecule has 8 heteroatoms. The molecule has 2 aromatic heterocycles. The lowest BCUT2D eigenvalue weighted by Crippen LogP contribution is -2.63. The van der Waals surface area contributed by atoms with Crippen LogP contribution >= 0.6 is 0 Å². The van der Waals surface area contributed by atoms with Gasteiger partial charge in [-0.1, -0.05) is 36.4 Å². The molecule has 5 rings (SSSR count). The molecule has 2 amide bonds. The first kappa shape index (κ1) is 22.7. The van der Waals surface area contributed by atoms with Crippen LogP contribution in [0.2, 0.25) is 0 Å². The number of carbonyl (C=O) groups excluding carboxylic acids is 3. The predicted octanol–water partition coefficient (Wildman–Crippen LogP) is 3.04. The van der Waals surface area contributed by atoms with Crippen LogP contribution in [0.15, 0.2) is 60.9 Å². The summed E-state index contributed by atoms with van der Waals surface area (Å²) in [4.78, 5) is 48.9. The maximum Gasteiger partial charge on any atom is 0.328 e. The first-order chi connectivity index (χ1) is 17.0. The molecule has 1 aliphatic rings. The van der Waals surface area contributed by atoms with Gasteiger partial charge in [0.2, 0.25) is 11.8 Å². The average Bonchev–Trinajstić information content (AvgIpc) is 3.47. The number of amides is 2. The number of para-hydroxylation sites is 2. The van der Waals surface area contributed by atoms with Crippen molar-refractivity contribution in [3.8, 4) is 0 Å². The third kappa shape index (κ3) is 4.16. The van der Waals surface area contributed by atoms with E-state index in [0.717, 1.165) is 32.9 Å². The van der Waals surface area contributed by atoms with Crippen LogP contribution in [-0.2, 0) is 32.0 Å². The van der Waals surface area contributed by atoms with E-state index < -0.39 is 18.1 Å². The molecule has 0 unspecified atom stereocenters. The maximum atomic E-state index is 13.9. The minimum atomic E-state index is -0.786. The van der Waals surface area contributed by atoms with Gasteiger partial charge in [0.25, 0.3) is 0 Å². The molecule has 2 N–H and O–H groups in total. The van der Waals surface area contributed by atoms with Gasteiger partial charge in [-0.25, -0.2) is 4.79 Å². The van der Waals surface area contributed by atoms with Crippen molar-refractivity contribution in [3.05, 3.63) is 72.1 Å². The lowest BCUT2D eigenvalue weighted by atomic mass is 9.97. The van der Waals surface area contributed by atoms with E-state index in [-0.39, 0.29) is 18.4 Å². The molecular formula is C27H28N4O4. The van der Waals surface area contributed by atoms with Gasteiger partial charge in [0.1, 0.15) is 12.1 Å². The monoisotopic (exact) mass is 472 g/mol. The molecule has 0 spiro atoms. The number of piperazine rings is 1. The van der Waals surface area contributed by atoms with Crippen molar-refractivity contribution >= 4 is 39.6 Å². The molecule has 0 aliphatic carbocycles. The number of aromatic nitrogens is 2. The van der Waals surface area contributed by atoms with Crippen molar-refractivity contribution < 1.29 is 19.1 Å². The number of rotatable bonds is 6. The van der Waals surface area contributed by atoms with E-state index in [4.69, 9.17) is 4.74 Å². The van der Waals surface area contributed by atoms with Crippen LogP contribution in [0, 0.1) is 0 Å². The highest BCUT2D eigenvalue weighted by atomic mass is 16.5. The van der Waals surface area contributed by atoms with Crippen molar-refractivity contribution in [1.29, 1.82) is 0 Å². The summed E-state index contributed by atoms with van der Waals surface area (Å²) in [6.45, 7) is 2.11. The predicted molar refractivity (Wildman–Crippen MR) is 133 cm³/mol. The number of nitrogens with zero attached hydrogens (tertiary/aromatic N) is 2. The van der Waals surface area contributed by atoms with Crippen molar-refractivity contribution in [2.75, 3.05) is 20.2 Å². The van der Waals surface area contributed by atoms with Gasteiger partial charge in [-0.2, -0.15) is 0 Å². The van der Waals surface area contributed by atoms with Gasteiger partial charge in [0.05, 0.1) is 7.11 Å². The molecule has 0 bridgehead atoms. The minimum absolute atomic E-state index is 0.158. The third-order valence-corrected chi connectivity index (χ3v) is 6.96. The number of methoxy groups -OCH3 is 1. The second kappa shape index (κ2) is 9.29. The largest absolute Gasteiger partial charge is 0.467 e. The van der Waals surface area contributed by atoms with E-state index in [1.165, 1.54) is 14.0 Å². The smallest absolute Gasteiger partial charge is 0.328 e. The van der Waals surface area contributed by atoms with Crippen LogP contribution in [0.25, 0.3) is 21.8 Å². The van der Waals surface area contributed by atoms with Gasteiger partial charge >= 0.3 is 5.97 Å². The second-order valence-electron chi connectivity index (χ2n) is 8.93. The standard InChI is InChI=1S/C27H28N4O4/c1-17(32)30-11-12-31(26(33)24(30)13-18-15-28-22-9-5-3-7-20(18)22)25(27(34)35-2)14-19-16-29-23-10-6-4-8-21(19)23/h3-10,15-16,24-25,28-29H,11-14H2,1-2H3/t24-,25-/m0/s1. The van der Waals surface area contributed by atoms with Gasteiger partial charge < -0.3 is 24.5 Å². The number of benzene rings is 2. The number of hydrogen-bond donors (Lipinski definition) is 2. The Bertz CT molecular complexity index is 1400. The van der Waals surface area contributed by atoms with E-state index in [0.29, 0.717) is 19.4 Å². The highest BCUT2D eigenvalue weighted by Crippen LogP contribution is 2.26. The van der Waals surface area contributed by atoms with Crippen molar-refractivity contribution in [1.82, 2.24) is 19.8 Å². The molecule has 0 saturated carbocycles. The molecule has 3 heterocycles. The molecule has 2 aromatic carbocycles. The molecule has 8 nitrogen and oxygen atoms in total. The molecule has 180 valence electrons. The zero-order valence-corrected chi connectivity index (χ0v) is 19.8. The normalized spacial score (nSPS) is 17.2. The van der Waals surface area contributed by atoms with E-state index in [9.17, 15) is 14.4 Å². The number of esters is 1. The lowest BCUT2D eigenvalue weighted by Gasteiger charge is -2.42. The Morgan fingerprint density at radius 3 is 2.20 bits per heavy atom. The second-order valence-corrected chi connectivity index (χ2v) is 8.93. The Hall–Kier alpha value is -4.07. The minimum Gasteiger partial charge on any atom is -0.467 e. The Labute approximate surface area is 202 Å². The van der Waals surface area contributed by atoms with Crippen LogP contribution in [0.3, 0.4) is 0 Å². The average molecular weight is 473 g/mol. The first-order valence-corrected chi connectivity index (χ1v) is 11.7. The zero-order valence-electron chi connectivity index (χ0n) is 19.8. The van der Waals surface area contributed by atoms with E-state index in [1.807, 2.05) is 60.9 Å². The number of ether oxygens (including phenoxy) is 1. The summed E-state index contributed by atoms with van der Waals surface area (Å²) in [6.07, 6.45) is 4.45. The van der Waals surface area contributed by atoms with E-state index >= 15 is 0 Å². The van der Waals surface area contributed by atoms with Gasteiger partial charge in [0.15, 0.2) is 0 Å². The number of aromatic amines is 2. The fourth-order valence-corrected chi connectivity index (χ4v) is 5.16. The molecule has 1 saturated heterocycles. The Morgan fingerprint density at radius 1 is 0.971 bits per heavy atom. The lowest BCUT2D eigenvalue weighted by molar-refractivity contribution is -0.160. The van der Waals surface area contributed by atoms with Gasteiger partial charge in [-0.15, -0.1) is 0 Å². The summed E-state index contributed by atoms with van der Waals surface area (Å²) in [7, 11) is 1.34. The number of hydrogen-bond acceptors (Lipinski definition) is 4. The Kier molecular flexibility index (Phi) is 6.03. The number of fused-ring (bicyclic) bond motifs is 2. The summed E-state index contributed by atoms with van der Waals surface area (Å²) in [5, 5.41) is 2.02. The molecule has 2 atom stereocenters. The maximum absolute atomic E-state index is 13.9. The van der Waals surface area contributed by atoms with Gasteiger partial charge in [0, 0.05) is 67.1 Å². The van der Waals surface area contributed by atoms with Crippen LogP contribution in [0.5, 0.6) is 0 Å². The van der Waals surface area contributed by atoms with Gasteiger partial charge in [-0.05, 0) is 23.3 Å². The van der Waals surface area contributed by atoms with Crippen LogP contribution < -0.4 is 0 Å². The molecule has 35 heavy (non-hydrogen) atoms. The fraction of sp³-hybridized carbons (Fsp3) is 0.296. The molecule has 1 aliphatic heterocycles. The zero-order chi connectivity index (χ0) is 24.5. The first-order valence-electron chi connectivity index (χ1n) is 11.7. The highest BCUT2D eigenvalue weighted by molar-refractivity contribution is 5.93. The van der Waals surface area contributed by atoms with Crippen LogP contribution in [-0.4, -0.2) is 69.8 Å². The topological polar surface area (TPSA) is 98.5 Å². The summed E-state index contributed by atoms with van der Waals surface area (Å²) in [6, 6.07) is 14.2. The molecule has 0 radical (unpaired) electrons. The molecule has 1 fully saturated rings. The van der Waals surface area contributed by atoms with Crippen LogP contribution in [0.1, 0.15) is 18.1 Å². The summed E-state index contributed by atoms with van der Waals surface area (Å²) in [5.41, 5.74) is 3.84. The molecular weight excluding hydrogens is 444 g/mol. The summed E-state index contributed by atoms with van der Waals surface area (Å²) in [5.74, 6) is -0.869. The number of carbonyl (C=O) groups is 3. The van der Waals surface area contributed by atoms with E-state index in [2.05, 4.69) is 9.97 Å². The van der Waals surface area contributed by atoms with E-state index in [1.54, 1.807) is 9.80 Å². The highest BCUT2D eigenvalue weighted by Gasteiger charge is 2.42. The van der Waals surface area contributed by atoms with Crippen LogP contribution in [0.4, 0.5) is 0 Å². The summed E-state index contributed by atoms with van der Waals surface area (Å²) < 4.78 is 5.12. The fourth-order valence-electron chi connectivity index (χ4n) is 5.16. The van der Waals surface area contributed by atoms with Crippen molar-refractivity contribution in [3.63, 3.8) is 0 Å². The Balaban J connectivity index is 1.47. The molecule has 4 aromatic rings. The van der Waals surface area contributed by atoms with Crippen molar-refractivity contribution in [2.24, 2.45) is 0 Å². The SMILES string of the molecule is COC(=O)[C@H](Cc1c[nH]c2ccccc12)N1CCN(C(C)=O)[C@@H](Cc2c[nH]c3ccccc23)C1=O. The van der Waals surface area contributed by atoms with Gasteiger partial charge in [-0.3, -0.25) is 9.59 Å². The number of H-pyrrole nitrogens is 2. The van der Waals surface area contributed by atoms with Crippen molar-refractivity contribution in [2.45, 2.75) is 31.8 Å². The third-order valence-electron chi connectivity index (χ3n) is 6.96. The number of nitrogens with one attached hydrogen (secondary N) is 2. The quantitative estimate of drug-likeness (QED) is 0.422.